The molecule has 0 saturated carbocycles. The summed E-state index contributed by atoms with van der Waals surface area (Å²) >= 11 is 0. The number of amides is 1. The lowest BCUT2D eigenvalue weighted by atomic mass is 10.2. The SMILES string of the molecule is COc1ccc(NCCNC(=O)OC(C)(C)C)c(C)c1. The first-order valence-electron chi connectivity index (χ1n) is 6.67. The Balaban J connectivity index is 2.33. The van der Waals surface area contributed by atoms with Crippen molar-refractivity contribution in [2.45, 2.75) is 33.3 Å². The molecule has 0 fully saturated rings. The van der Waals surface area contributed by atoms with Gasteiger partial charge < -0.3 is 20.1 Å². The van der Waals surface area contributed by atoms with Gasteiger partial charge in [-0.15, -0.1) is 0 Å². The minimum Gasteiger partial charge on any atom is -0.497 e. The molecule has 20 heavy (non-hydrogen) atoms. The molecule has 0 aromatic heterocycles. The molecule has 0 aliphatic rings. The van der Waals surface area contributed by atoms with E-state index in [1.807, 2.05) is 45.9 Å². The molecule has 1 rings (SSSR count). The van der Waals surface area contributed by atoms with Crippen molar-refractivity contribution in [3.05, 3.63) is 23.8 Å². The van der Waals surface area contributed by atoms with Crippen LogP contribution in [0.3, 0.4) is 0 Å². The van der Waals surface area contributed by atoms with E-state index in [4.69, 9.17) is 9.47 Å². The van der Waals surface area contributed by atoms with Crippen LogP contribution in [0.5, 0.6) is 5.75 Å². The van der Waals surface area contributed by atoms with Crippen LogP contribution >= 0.6 is 0 Å². The molecule has 0 aliphatic carbocycles. The van der Waals surface area contributed by atoms with Crippen LogP contribution in [0.15, 0.2) is 18.2 Å². The van der Waals surface area contributed by atoms with Crippen LogP contribution < -0.4 is 15.4 Å². The summed E-state index contributed by atoms with van der Waals surface area (Å²) in [6.07, 6.45) is -0.397. The molecule has 0 heterocycles. The van der Waals surface area contributed by atoms with Crippen molar-refractivity contribution in [2.75, 3.05) is 25.5 Å². The van der Waals surface area contributed by atoms with Gasteiger partial charge in [0.25, 0.3) is 0 Å². The van der Waals surface area contributed by atoms with Crippen LogP contribution in [0.4, 0.5) is 10.5 Å². The first-order valence-corrected chi connectivity index (χ1v) is 6.67. The molecular formula is C15H24N2O3. The fraction of sp³-hybridized carbons (Fsp3) is 0.533. The molecule has 5 heteroatoms. The van der Waals surface area contributed by atoms with Crippen LogP contribution in [0, 0.1) is 6.92 Å². The molecule has 0 spiro atoms. The zero-order valence-electron chi connectivity index (χ0n) is 12.9. The van der Waals surface area contributed by atoms with Gasteiger partial charge in [0.15, 0.2) is 0 Å². The van der Waals surface area contributed by atoms with Gasteiger partial charge in [-0.2, -0.15) is 0 Å². The summed E-state index contributed by atoms with van der Waals surface area (Å²) < 4.78 is 10.3. The number of alkyl carbamates (subject to hydrolysis) is 1. The maximum Gasteiger partial charge on any atom is 0.407 e. The molecule has 1 aromatic rings. The van der Waals surface area contributed by atoms with E-state index in [2.05, 4.69) is 10.6 Å². The molecule has 0 saturated heterocycles. The Morgan fingerprint density at radius 2 is 1.95 bits per heavy atom. The summed E-state index contributed by atoms with van der Waals surface area (Å²) in [7, 11) is 1.65. The van der Waals surface area contributed by atoms with Crippen LogP contribution in [-0.2, 0) is 4.74 Å². The topological polar surface area (TPSA) is 59.6 Å². The Hall–Kier alpha value is -1.91. The van der Waals surface area contributed by atoms with E-state index >= 15 is 0 Å². The van der Waals surface area contributed by atoms with Crippen molar-refractivity contribution in [3.63, 3.8) is 0 Å². The van der Waals surface area contributed by atoms with E-state index < -0.39 is 11.7 Å². The minimum absolute atomic E-state index is 0.397. The maximum atomic E-state index is 11.4. The van der Waals surface area contributed by atoms with Gasteiger partial charge in [-0.25, -0.2) is 4.79 Å². The molecule has 0 bridgehead atoms. The average Bonchev–Trinajstić information content (AvgIpc) is 2.33. The summed E-state index contributed by atoms with van der Waals surface area (Å²) in [5, 5.41) is 5.96. The number of benzene rings is 1. The second kappa shape index (κ2) is 7.03. The monoisotopic (exact) mass is 280 g/mol. The van der Waals surface area contributed by atoms with Gasteiger partial charge in [-0.05, 0) is 51.5 Å². The van der Waals surface area contributed by atoms with Gasteiger partial charge in [0.2, 0.25) is 0 Å². The number of nitrogens with one attached hydrogen (secondary N) is 2. The summed E-state index contributed by atoms with van der Waals surface area (Å²) in [5.41, 5.74) is 1.66. The van der Waals surface area contributed by atoms with E-state index in [9.17, 15) is 4.79 Å². The molecule has 1 aromatic carbocycles. The highest BCUT2D eigenvalue weighted by Gasteiger charge is 2.15. The molecule has 0 radical (unpaired) electrons. The number of methoxy groups -OCH3 is 1. The largest absolute Gasteiger partial charge is 0.497 e. The number of rotatable bonds is 5. The van der Waals surface area contributed by atoms with Gasteiger partial charge >= 0.3 is 6.09 Å². The molecule has 112 valence electrons. The number of aryl methyl sites for hydroxylation is 1. The smallest absolute Gasteiger partial charge is 0.407 e. The first-order chi connectivity index (χ1) is 9.31. The molecule has 0 atom stereocenters. The number of anilines is 1. The van der Waals surface area contributed by atoms with Gasteiger partial charge in [0.05, 0.1) is 7.11 Å². The normalized spacial score (nSPS) is 10.8. The van der Waals surface area contributed by atoms with Crippen LogP contribution in [0.1, 0.15) is 26.3 Å². The first kappa shape index (κ1) is 16.1. The molecule has 0 aliphatic heterocycles. The zero-order valence-corrected chi connectivity index (χ0v) is 12.9. The lowest BCUT2D eigenvalue weighted by Crippen LogP contribution is -2.35. The lowest BCUT2D eigenvalue weighted by molar-refractivity contribution is 0.0530. The Morgan fingerprint density at radius 3 is 2.50 bits per heavy atom. The number of carbonyl (C=O) groups is 1. The minimum atomic E-state index is -0.468. The molecular weight excluding hydrogens is 256 g/mol. The highest BCUT2D eigenvalue weighted by atomic mass is 16.6. The van der Waals surface area contributed by atoms with Crippen molar-refractivity contribution >= 4 is 11.8 Å². The zero-order chi connectivity index (χ0) is 15.2. The van der Waals surface area contributed by atoms with E-state index in [1.165, 1.54) is 0 Å². The number of carbonyl (C=O) groups excluding carboxylic acids is 1. The predicted molar refractivity (Wildman–Crippen MR) is 80.5 cm³/mol. The lowest BCUT2D eigenvalue weighted by Gasteiger charge is -2.19. The second-order valence-corrected chi connectivity index (χ2v) is 5.54. The van der Waals surface area contributed by atoms with E-state index in [0.29, 0.717) is 13.1 Å². The maximum absolute atomic E-state index is 11.4. The summed E-state index contributed by atoms with van der Waals surface area (Å²) in [5.74, 6) is 0.833. The Labute approximate surface area is 120 Å². The van der Waals surface area contributed by atoms with Crippen molar-refractivity contribution in [1.29, 1.82) is 0 Å². The number of hydrogen-bond acceptors (Lipinski definition) is 4. The number of hydrogen-bond donors (Lipinski definition) is 2. The summed E-state index contributed by atoms with van der Waals surface area (Å²) in [6.45, 7) is 8.65. The Kier molecular flexibility index (Phi) is 5.67. The standard InChI is InChI=1S/C15H24N2O3/c1-11-10-12(19-5)6-7-13(11)16-8-9-17-14(18)20-15(2,3)4/h6-7,10,16H,8-9H2,1-5H3,(H,17,18). The van der Waals surface area contributed by atoms with Crippen LogP contribution in [0.2, 0.25) is 0 Å². The third kappa shape index (κ3) is 5.82. The van der Waals surface area contributed by atoms with E-state index in [0.717, 1.165) is 17.0 Å². The van der Waals surface area contributed by atoms with Crippen molar-refractivity contribution < 1.29 is 14.3 Å². The van der Waals surface area contributed by atoms with Gasteiger partial charge in [-0.1, -0.05) is 0 Å². The predicted octanol–water partition coefficient (Wildman–Crippen LogP) is 2.94. The number of ether oxygens (including phenoxy) is 2. The second-order valence-electron chi connectivity index (χ2n) is 5.54. The fourth-order valence-corrected chi connectivity index (χ4v) is 1.64. The van der Waals surface area contributed by atoms with Crippen molar-refractivity contribution in [1.82, 2.24) is 5.32 Å². The van der Waals surface area contributed by atoms with Gasteiger partial charge in [0.1, 0.15) is 11.4 Å². The van der Waals surface area contributed by atoms with Crippen LogP contribution in [-0.4, -0.2) is 31.9 Å². The molecule has 2 N–H and O–H groups in total. The third-order valence-electron chi connectivity index (χ3n) is 2.54. The highest BCUT2D eigenvalue weighted by molar-refractivity contribution is 5.67. The van der Waals surface area contributed by atoms with Gasteiger partial charge in [-0.3, -0.25) is 0 Å². The third-order valence-corrected chi connectivity index (χ3v) is 2.54. The summed E-state index contributed by atoms with van der Waals surface area (Å²) in [6, 6.07) is 5.82. The van der Waals surface area contributed by atoms with Crippen molar-refractivity contribution in [3.8, 4) is 5.75 Å². The van der Waals surface area contributed by atoms with E-state index in [-0.39, 0.29) is 0 Å². The average molecular weight is 280 g/mol. The summed E-state index contributed by atoms with van der Waals surface area (Å²) in [4.78, 5) is 11.4. The quantitative estimate of drug-likeness (QED) is 0.814. The Bertz CT molecular complexity index is 453. The van der Waals surface area contributed by atoms with E-state index in [1.54, 1.807) is 7.11 Å². The molecule has 1 amide bonds. The Morgan fingerprint density at radius 1 is 1.25 bits per heavy atom. The molecule has 0 unspecified atom stereocenters. The highest BCUT2D eigenvalue weighted by Crippen LogP contribution is 2.20. The molecule has 5 nitrogen and oxygen atoms in total. The van der Waals surface area contributed by atoms with Crippen molar-refractivity contribution in [2.24, 2.45) is 0 Å². The van der Waals surface area contributed by atoms with Crippen LogP contribution in [0.25, 0.3) is 0 Å². The fourth-order valence-electron chi connectivity index (χ4n) is 1.64. The van der Waals surface area contributed by atoms with Gasteiger partial charge in [0, 0.05) is 18.8 Å².